The van der Waals surface area contributed by atoms with Crippen LogP contribution in [0.4, 0.5) is 5.69 Å². The maximum Gasteiger partial charge on any atom is 0.253 e. The minimum absolute atomic E-state index is 0.0206. The van der Waals surface area contributed by atoms with Crippen LogP contribution >= 0.6 is 11.6 Å². The number of piperazine rings is 1. The van der Waals surface area contributed by atoms with Crippen LogP contribution in [0.25, 0.3) is 0 Å². The highest BCUT2D eigenvalue weighted by molar-refractivity contribution is 7.89. The zero-order valence-electron chi connectivity index (χ0n) is 20.4. The predicted molar refractivity (Wildman–Crippen MR) is 138 cm³/mol. The SMILES string of the molecule is COc1ccc(S(=O)(=O)N2CCC[C@H](C(=O)Nc3ccc(C(=O)N4CCN(C)CC4)cc3)C2)cc1Cl. The van der Waals surface area contributed by atoms with Crippen molar-refractivity contribution >= 4 is 39.1 Å². The van der Waals surface area contributed by atoms with Gasteiger partial charge in [-0.1, -0.05) is 11.6 Å². The molecule has 2 aliphatic heterocycles. The molecule has 1 atom stereocenters. The van der Waals surface area contributed by atoms with Gasteiger partial charge in [0.1, 0.15) is 5.75 Å². The zero-order chi connectivity index (χ0) is 25.9. The smallest absolute Gasteiger partial charge is 0.253 e. The second-order valence-corrected chi connectivity index (χ2v) is 11.5. The molecule has 2 aliphatic rings. The Morgan fingerprint density at radius 1 is 1.03 bits per heavy atom. The molecule has 4 rings (SSSR count). The quantitative estimate of drug-likeness (QED) is 0.612. The Morgan fingerprint density at radius 2 is 1.72 bits per heavy atom. The van der Waals surface area contributed by atoms with Gasteiger partial charge < -0.3 is 19.9 Å². The fourth-order valence-corrected chi connectivity index (χ4v) is 6.34. The first-order valence-corrected chi connectivity index (χ1v) is 13.7. The lowest BCUT2D eigenvalue weighted by atomic mass is 9.98. The topological polar surface area (TPSA) is 99.3 Å². The summed E-state index contributed by atoms with van der Waals surface area (Å²) in [4.78, 5) is 29.8. The molecule has 2 heterocycles. The van der Waals surface area contributed by atoms with Crippen LogP contribution in [0.2, 0.25) is 5.02 Å². The third kappa shape index (κ3) is 5.83. The van der Waals surface area contributed by atoms with Crippen molar-refractivity contribution in [2.24, 2.45) is 5.92 Å². The predicted octanol–water partition coefficient (Wildman–Crippen LogP) is 2.78. The maximum absolute atomic E-state index is 13.2. The van der Waals surface area contributed by atoms with Gasteiger partial charge in [-0.3, -0.25) is 9.59 Å². The molecule has 0 aromatic heterocycles. The van der Waals surface area contributed by atoms with Gasteiger partial charge in [-0.25, -0.2) is 8.42 Å². The molecule has 0 aliphatic carbocycles. The lowest BCUT2D eigenvalue weighted by Gasteiger charge is -2.32. The number of carbonyl (C=O) groups excluding carboxylic acids is 2. The van der Waals surface area contributed by atoms with Crippen molar-refractivity contribution < 1.29 is 22.7 Å². The summed E-state index contributed by atoms with van der Waals surface area (Å²) >= 11 is 6.13. The van der Waals surface area contributed by atoms with Crippen molar-refractivity contribution in [1.82, 2.24) is 14.1 Å². The van der Waals surface area contributed by atoms with Crippen molar-refractivity contribution in [3.8, 4) is 5.75 Å². The average molecular weight is 535 g/mol. The molecule has 2 fully saturated rings. The second kappa shape index (κ2) is 11.2. The third-order valence-electron chi connectivity index (χ3n) is 6.71. The van der Waals surface area contributed by atoms with Crippen LogP contribution < -0.4 is 10.1 Å². The van der Waals surface area contributed by atoms with E-state index >= 15 is 0 Å². The highest BCUT2D eigenvalue weighted by atomic mass is 35.5. The number of halogens is 1. The van der Waals surface area contributed by atoms with E-state index in [0.717, 1.165) is 13.1 Å². The number of piperidine rings is 1. The first-order chi connectivity index (χ1) is 17.2. The zero-order valence-corrected chi connectivity index (χ0v) is 22.0. The molecule has 2 aromatic rings. The maximum atomic E-state index is 13.2. The Morgan fingerprint density at radius 3 is 2.36 bits per heavy atom. The fourth-order valence-electron chi connectivity index (χ4n) is 4.46. The molecular formula is C25H31ClN4O5S. The molecule has 0 spiro atoms. The van der Waals surface area contributed by atoms with Crippen LogP contribution in [-0.4, -0.2) is 87.8 Å². The van der Waals surface area contributed by atoms with Crippen LogP contribution in [-0.2, 0) is 14.8 Å². The Bertz CT molecular complexity index is 1210. The number of sulfonamides is 1. The molecule has 2 saturated heterocycles. The van der Waals surface area contributed by atoms with E-state index in [2.05, 4.69) is 10.2 Å². The summed E-state index contributed by atoms with van der Waals surface area (Å²) in [5.41, 5.74) is 1.14. The van der Waals surface area contributed by atoms with Gasteiger partial charge in [0.15, 0.2) is 0 Å². The van der Waals surface area contributed by atoms with Gasteiger partial charge in [0.05, 0.1) is 22.9 Å². The third-order valence-corrected chi connectivity index (χ3v) is 8.86. The molecule has 36 heavy (non-hydrogen) atoms. The molecule has 2 aromatic carbocycles. The van der Waals surface area contributed by atoms with Crippen LogP contribution in [0.15, 0.2) is 47.4 Å². The van der Waals surface area contributed by atoms with Crippen molar-refractivity contribution in [2.75, 3.05) is 58.7 Å². The molecular weight excluding hydrogens is 504 g/mol. The van der Waals surface area contributed by atoms with Crippen LogP contribution in [0.3, 0.4) is 0 Å². The molecule has 9 nitrogen and oxygen atoms in total. The van der Waals surface area contributed by atoms with Gasteiger partial charge >= 0.3 is 0 Å². The molecule has 194 valence electrons. The minimum atomic E-state index is -3.81. The fraction of sp³-hybridized carbons (Fsp3) is 0.440. The first-order valence-electron chi connectivity index (χ1n) is 11.9. The molecule has 0 bridgehead atoms. The van der Waals surface area contributed by atoms with Crippen LogP contribution in [0.1, 0.15) is 23.2 Å². The summed E-state index contributed by atoms with van der Waals surface area (Å²) < 4.78 is 32.8. The summed E-state index contributed by atoms with van der Waals surface area (Å²) in [6.45, 7) is 3.49. The summed E-state index contributed by atoms with van der Waals surface area (Å²) in [6, 6.07) is 11.2. The Kier molecular flexibility index (Phi) is 8.19. The van der Waals surface area contributed by atoms with Crippen molar-refractivity contribution in [2.45, 2.75) is 17.7 Å². The van der Waals surface area contributed by atoms with E-state index in [9.17, 15) is 18.0 Å². The van der Waals surface area contributed by atoms with E-state index in [-0.39, 0.29) is 28.3 Å². The van der Waals surface area contributed by atoms with Crippen molar-refractivity contribution in [3.05, 3.63) is 53.1 Å². The van der Waals surface area contributed by atoms with Crippen molar-refractivity contribution in [1.29, 1.82) is 0 Å². The van der Waals surface area contributed by atoms with Crippen LogP contribution in [0, 0.1) is 5.92 Å². The van der Waals surface area contributed by atoms with E-state index < -0.39 is 15.9 Å². The van der Waals surface area contributed by atoms with E-state index in [1.165, 1.54) is 29.6 Å². The number of nitrogens with zero attached hydrogens (tertiary/aromatic N) is 3. The van der Waals surface area contributed by atoms with Crippen molar-refractivity contribution in [3.63, 3.8) is 0 Å². The standard InChI is InChI=1S/C25H31ClN4O5S/c1-28-12-14-29(15-13-28)25(32)18-5-7-20(8-6-18)27-24(31)19-4-3-11-30(17-19)36(33,34)21-9-10-23(35-2)22(26)16-21/h5-10,16,19H,3-4,11-15,17H2,1-2H3,(H,27,31)/t19-/m0/s1. The lowest BCUT2D eigenvalue weighted by Crippen LogP contribution is -2.47. The number of carbonyl (C=O) groups is 2. The normalized spacial score (nSPS) is 19.6. The summed E-state index contributed by atoms with van der Waals surface area (Å²) in [5, 5.41) is 3.08. The number of hydrogen-bond donors (Lipinski definition) is 1. The van der Waals surface area contributed by atoms with Gasteiger partial charge in [-0.05, 0) is 62.4 Å². The molecule has 0 unspecified atom stereocenters. The van der Waals surface area contributed by atoms with Crippen LogP contribution in [0.5, 0.6) is 5.75 Å². The summed E-state index contributed by atoms with van der Waals surface area (Å²) in [5.74, 6) is -0.370. The monoisotopic (exact) mass is 534 g/mol. The largest absolute Gasteiger partial charge is 0.495 e. The number of likely N-dealkylation sites (N-methyl/N-ethyl adjacent to an activating group) is 1. The molecule has 1 N–H and O–H groups in total. The number of rotatable bonds is 6. The molecule has 0 saturated carbocycles. The van der Waals surface area contributed by atoms with Gasteiger partial charge in [-0.15, -0.1) is 0 Å². The number of methoxy groups -OCH3 is 1. The van der Waals surface area contributed by atoms with Gasteiger partial charge in [0.2, 0.25) is 15.9 Å². The Balaban J connectivity index is 1.38. The minimum Gasteiger partial charge on any atom is -0.495 e. The first kappa shape index (κ1) is 26.4. The van der Waals surface area contributed by atoms with E-state index in [0.29, 0.717) is 49.5 Å². The van der Waals surface area contributed by atoms with E-state index in [1.807, 2.05) is 11.9 Å². The molecule has 2 amide bonds. The Hall–Kier alpha value is -2.66. The van der Waals surface area contributed by atoms with E-state index in [4.69, 9.17) is 16.3 Å². The number of anilines is 1. The number of nitrogens with one attached hydrogen (secondary N) is 1. The summed E-state index contributed by atoms with van der Waals surface area (Å²) in [6.07, 6.45) is 1.15. The molecule has 11 heteroatoms. The molecule has 0 radical (unpaired) electrons. The lowest BCUT2D eigenvalue weighted by molar-refractivity contribution is -0.120. The number of ether oxygens (including phenoxy) is 1. The van der Waals surface area contributed by atoms with E-state index in [1.54, 1.807) is 24.3 Å². The average Bonchev–Trinajstić information content (AvgIpc) is 2.89. The number of amides is 2. The number of hydrogen-bond acceptors (Lipinski definition) is 6. The summed E-state index contributed by atoms with van der Waals surface area (Å²) in [7, 11) is -0.313. The van der Waals surface area contributed by atoms with Gasteiger partial charge in [0.25, 0.3) is 5.91 Å². The highest BCUT2D eigenvalue weighted by Crippen LogP contribution is 2.30. The van der Waals surface area contributed by atoms with Gasteiger partial charge in [-0.2, -0.15) is 4.31 Å². The van der Waals surface area contributed by atoms with Gasteiger partial charge in [0, 0.05) is 50.5 Å². The highest BCUT2D eigenvalue weighted by Gasteiger charge is 2.33. The Labute approximate surface area is 217 Å². The second-order valence-electron chi connectivity index (χ2n) is 9.16. The number of benzene rings is 2.